The lowest BCUT2D eigenvalue weighted by Gasteiger charge is -2.34. The molecule has 1 saturated heterocycles. The van der Waals surface area contributed by atoms with Crippen LogP contribution < -0.4 is 0 Å². The van der Waals surface area contributed by atoms with Crippen LogP contribution in [0.4, 0.5) is 0 Å². The second kappa shape index (κ2) is 6.92. The predicted octanol–water partition coefficient (Wildman–Crippen LogP) is 2.05. The molecule has 0 spiro atoms. The van der Waals surface area contributed by atoms with E-state index in [1.54, 1.807) is 4.68 Å². The van der Waals surface area contributed by atoms with E-state index in [-0.39, 0.29) is 12.1 Å². The fourth-order valence-electron chi connectivity index (χ4n) is 3.53. The van der Waals surface area contributed by atoms with Crippen molar-refractivity contribution in [3.05, 3.63) is 42.0 Å². The Kier molecular flexibility index (Phi) is 4.62. The van der Waals surface area contributed by atoms with E-state index in [1.807, 2.05) is 36.5 Å². The van der Waals surface area contributed by atoms with Gasteiger partial charge in [0.25, 0.3) is 0 Å². The van der Waals surface area contributed by atoms with E-state index < -0.39 is 10.8 Å². The molecule has 2 atom stereocenters. The van der Waals surface area contributed by atoms with Crippen LogP contribution in [0.15, 0.2) is 30.9 Å². The number of pyridine rings is 1. The van der Waals surface area contributed by atoms with Crippen molar-refractivity contribution in [1.29, 1.82) is 0 Å². The van der Waals surface area contributed by atoms with Crippen molar-refractivity contribution in [2.75, 3.05) is 18.1 Å². The zero-order valence-electron chi connectivity index (χ0n) is 15.4. The fraction of sp³-hybridized carbons (Fsp3) is 0.500. The molecule has 1 aliphatic rings. The predicted molar refractivity (Wildman–Crippen MR) is 102 cm³/mol. The first-order valence-electron chi connectivity index (χ1n) is 8.91. The van der Waals surface area contributed by atoms with Gasteiger partial charge in [-0.05, 0) is 25.5 Å². The topological polar surface area (TPSA) is 68.8 Å². The molecule has 0 amide bonds. The normalized spacial score (nSPS) is 21.7. The standard InChI is InChI=1S/C18H24N6OS/c1-13(2)24-18-15(8-21-24)6-14(7-19-18)10-23-4-5-26(25)12-17(23)16-9-20-22(3)11-16/h6-9,11,13,17H,4-5,10,12H2,1-3H3. The first-order valence-corrected chi connectivity index (χ1v) is 10.4. The zero-order valence-corrected chi connectivity index (χ0v) is 16.2. The summed E-state index contributed by atoms with van der Waals surface area (Å²) in [5.41, 5.74) is 3.21. The van der Waals surface area contributed by atoms with Crippen LogP contribution in [0, 0.1) is 0 Å². The van der Waals surface area contributed by atoms with Gasteiger partial charge in [0.15, 0.2) is 5.65 Å². The highest BCUT2D eigenvalue weighted by molar-refractivity contribution is 7.85. The molecule has 0 aliphatic carbocycles. The number of nitrogens with zero attached hydrogens (tertiary/aromatic N) is 6. The zero-order chi connectivity index (χ0) is 18.3. The molecule has 3 aromatic heterocycles. The lowest BCUT2D eigenvalue weighted by atomic mass is 10.1. The summed E-state index contributed by atoms with van der Waals surface area (Å²) in [6, 6.07) is 2.59. The lowest BCUT2D eigenvalue weighted by Crippen LogP contribution is -2.40. The molecule has 0 radical (unpaired) electrons. The monoisotopic (exact) mass is 372 g/mol. The van der Waals surface area contributed by atoms with Crippen molar-refractivity contribution in [3.8, 4) is 0 Å². The van der Waals surface area contributed by atoms with E-state index in [0.717, 1.165) is 41.0 Å². The van der Waals surface area contributed by atoms with Gasteiger partial charge in [0.05, 0.1) is 12.4 Å². The largest absolute Gasteiger partial charge is 0.290 e. The van der Waals surface area contributed by atoms with Crippen LogP contribution >= 0.6 is 0 Å². The van der Waals surface area contributed by atoms with Gasteiger partial charge in [-0.1, -0.05) is 0 Å². The highest BCUT2D eigenvalue weighted by Crippen LogP contribution is 2.27. The summed E-state index contributed by atoms with van der Waals surface area (Å²) in [5, 5.41) is 9.80. The minimum absolute atomic E-state index is 0.132. The van der Waals surface area contributed by atoms with Gasteiger partial charge in [0.2, 0.25) is 0 Å². The first-order chi connectivity index (χ1) is 12.5. The van der Waals surface area contributed by atoms with E-state index in [1.165, 1.54) is 0 Å². The molecule has 1 aliphatic heterocycles. The van der Waals surface area contributed by atoms with Gasteiger partial charge in [-0.2, -0.15) is 10.2 Å². The molecule has 2 unspecified atom stereocenters. The summed E-state index contributed by atoms with van der Waals surface area (Å²) in [4.78, 5) is 7.03. The molecule has 3 aromatic rings. The Bertz CT molecular complexity index is 946. The van der Waals surface area contributed by atoms with Gasteiger partial charge in [0, 0.05) is 77.9 Å². The van der Waals surface area contributed by atoms with Crippen molar-refractivity contribution in [3.63, 3.8) is 0 Å². The molecule has 0 saturated carbocycles. The van der Waals surface area contributed by atoms with E-state index in [2.05, 4.69) is 40.0 Å². The third-order valence-corrected chi connectivity index (χ3v) is 6.19. The first kappa shape index (κ1) is 17.4. The van der Waals surface area contributed by atoms with Crippen molar-refractivity contribution in [1.82, 2.24) is 29.4 Å². The molecule has 0 N–H and O–H groups in total. The third-order valence-electron chi connectivity index (χ3n) is 4.87. The van der Waals surface area contributed by atoms with Gasteiger partial charge in [-0.25, -0.2) is 9.67 Å². The Morgan fingerprint density at radius 1 is 1.27 bits per heavy atom. The summed E-state index contributed by atoms with van der Waals surface area (Å²) in [7, 11) is 1.14. The quantitative estimate of drug-likeness (QED) is 0.701. The maximum atomic E-state index is 12.1. The number of aromatic nitrogens is 5. The van der Waals surface area contributed by atoms with E-state index >= 15 is 0 Å². The number of aryl methyl sites for hydroxylation is 1. The molecule has 4 rings (SSSR count). The Labute approximate surface area is 155 Å². The molecule has 0 bridgehead atoms. The Morgan fingerprint density at radius 3 is 2.85 bits per heavy atom. The highest BCUT2D eigenvalue weighted by atomic mass is 32.2. The van der Waals surface area contributed by atoms with Crippen LogP contribution in [-0.2, 0) is 24.4 Å². The van der Waals surface area contributed by atoms with Gasteiger partial charge in [0.1, 0.15) is 0 Å². The minimum Gasteiger partial charge on any atom is -0.290 e. The molecule has 26 heavy (non-hydrogen) atoms. The molecule has 7 nitrogen and oxygen atoms in total. The highest BCUT2D eigenvalue weighted by Gasteiger charge is 2.28. The van der Waals surface area contributed by atoms with Gasteiger partial charge >= 0.3 is 0 Å². The number of fused-ring (bicyclic) bond motifs is 1. The number of hydrogen-bond donors (Lipinski definition) is 0. The van der Waals surface area contributed by atoms with Crippen LogP contribution in [0.5, 0.6) is 0 Å². The summed E-state index contributed by atoms with van der Waals surface area (Å²) in [6.45, 7) is 5.81. The Hall–Kier alpha value is -2.06. The van der Waals surface area contributed by atoms with Crippen molar-refractivity contribution < 1.29 is 4.21 Å². The minimum atomic E-state index is -0.772. The Balaban J connectivity index is 1.60. The maximum absolute atomic E-state index is 12.1. The van der Waals surface area contributed by atoms with Gasteiger partial charge in [-0.3, -0.25) is 13.8 Å². The average Bonchev–Trinajstić information content (AvgIpc) is 3.22. The number of hydrogen-bond acceptors (Lipinski definition) is 5. The third kappa shape index (κ3) is 3.31. The Morgan fingerprint density at radius 2 is 2.12 bits per heavy atom. The smallest absolute Gasteiger partial charge is 0.157 e. The SMILES string of the molecule is CC(C)n1ncc2cc(CN3CCS(=O)CC3c3cnn(C)c3)cnc21. The van der Waals surface area contributed by atoms with Crippen molar-refractivity contribution in [2.45, 2.75) is 32.5 Å². The average molecular weight is 372 g/mol. The molecular weight excluding hydrogens is 348 g/mol. The van der Waals surface area contributed by atoms with Crippen LogP contribution in [0.25, 0.3) is 11.0 Å². The molecule has 4 heterocycles. The fourth-order valence-corrected chi connectivity index (χ4v) is 4.89. The van der Waals surface area contributed by atoms with Gasteiger partial charge in [-0.15, -0.1) is 0 Å². The molecule has 138 valence electrons. The molecule has 1 fully saturated rings. The summed E-state index contributed by atoms with van der Waals surface area (Å²) >= 11 is 0. The van der Waals surface area contributed by atoms with E-state index in [4.69, 9.17) is 0 Å². The van der Waals surface area contributed by atoms with Crippen molar-refractivity contribution in [2.24, 2.45) is 7.05 Å². The van der Waals surface area contributed by atoms with Crippen LogP contribution in [0.1, 0.15) is 37.1 Å². The molecular formula is C18H24N6OS. The second-order valence-electron chi connectivity index (χ2n) is 7.18. The molecule has 8 heteroatoms. The lowest BCUT2D eigenvalue weighted by molar-refractivity contribution is 0.209. The number of rotatable bonds is 4. The van der Waals surface area contributed by atoms with Crippen LogP contribution in [0.2, 0.25) is 0 Å². The maximum Gasteiger partial charge on any atom is 0.157 e. The summed E-state index contributed by atoms with van der Waals surface area (Å²) in [5.74, 6) is 1.38. The summed E-state index contributed by atoms with van der Waals surface area (Å²) in [6.07, 6.45) is 7.73. The summed E-state index contributed by atoms with van der Waals surface area (Å²) < 4.78 is 15.9. The van der Waals surface area contributed by atoms with Crippen LogP contribution in [0.3, 0.4) is 0 Å². The second-order valence-corrected chi connectivity index (χ2v) is 8.80. The van der Waals surface area contributed by atoms with E-state index in [9.17, 15) is 4.21 Å². The van der Waals surface area contributed by atoms with Gasteiger partial charge < -0.3 is 0 Å². The van der Waals surface area contributed by atoms with E-state index in [0.29, 0.717) is 5.75 Å². The van der Waals surface area contributed by atoms with Crippen LogP contribution in [-0.4, -0.2) is 51.7 Å². The van der Waals surface area contributed by atoms with Crippen molar-refractivity contribution >= 4 is 21.8 Å². The molecule has 0 aromatic carbocycles.